The predicted octanol–water partition coefficient (Wildman–Crippen LogP) is 2.86. The van der Waals surface area contributed by atoms with Crippen LogP contribution in [0.15, 0.2) is 42.5 Å². The molecule has 28 heavy (non-hydrogen) atoms. The minimum Gasteiger partial charge on any atom is -0.493 e. The van der Waals surface area contributed by atoms with Gasteiger partial charge >= 0.3 is 0 Å². The summed E-state index contributed by atoms with van der Waals surface area (Å²) in [4.78, 5) is 25.2. The van der Waals surface area contributed by atoms with E-state index in [9.17, 15) is 9.59 Å². The number of carbonyl (C=O) groups excluding carboxylic acids is 2. The Bertz CT molecular complexity index is 846. The topological polar surface area (TPSA) is 85.9 Å². The van der Waals surface area contributed by atoms with Gasteiger partial charge in [0.2, 0.25) is 0 Å². The largest absolute Gasteiger partial charge is 0.493 e. The highest BCUT2D eigenvalue weighted by Crippen LogP contribution is 2.28. The van der Waals surface area contributed by atoms with Gasteiger partial charge in [-0.2, -0.15) is 0 Å². The zero-order chi connectivity index (χ0) is 19.9. The molecule has 2 aromatic carbocycles. The third kappa shape index (κ3) is 4.61. The average Bonchev–Trinajstić information content (AvgIpc) is 3.25. The number of hydrogen-bond acceptors (Lipinski definition) is 5. The van der Waals surface area contributed by atoms with E-state index in [-0.39, 0.29) is 17.9 Å². The number of ether oxygens (including phenoxy) is 3. The molecule has 2 amide bonds. The molecule has 7 nitrogen and oxygen atoms in total. The second-order valence-electron chi connectivity index (χ2n) is 6.41. The van der Waals surface area contributed by atoms with Crippen molar-refractivity contribution in [3.8, 4) is 11.5 Å². The van der Waals surface area contributed by atoms with Gasteiger partial charge in [0.1, 0.15) is 0 Å². The molecule has 0 spiro atoms. The van der Waals surface area contributed by atoms with Crippen LogP contribution in [0.2, 0.25) is 0 Å². The van der Waals surface area contributed by atoms with Crippen molar-refractivity contribution in [1.82, 2.24) is 5.32 Å². The summed E-state index contributed by atoms with van der Waals surface area (Å²) < 4.78 is 16.0. The van der Waals surface area contributed by atoms with Crippen molar-refractivity contribution >= 4 is 17.5 Å². The molecule has 1 aliphatic rings. The van der Waals surface area contributed by atoms with Gasteiger partial charge in [0.15, 0.2) is 11.5 Å². The number of methoxy groups -OCH3 is 2. The Kier molecular flexibility index (Phi) is 6.49. The number of nitrogens with one attached hydrogen (secondary N) is 2. The molecule has 3 rings (SSSR count). The minimum absolute atomic E-state index is 0.0532. The van der Waals surface area contributed by atoms with E-state index in [1.807, 2.05) is 0 Å². The maximum absolute atomic E-state index is 12.7. The number of hydrogen-bond donors (Lipinski definition) is 2. The number of anilines is 1. The SMILES string of the molecule is COc1ccc(C(=O)Nc2ccccc2C(=O)NCC2CCCO2)cc1OC. The highest BCUT2D eigenvalue weighted by atomic mass is 16.5. The molecule has 7 heteroatoms. The van der Waals surface area contributed by atoms with E-state index in [4.69, 9.17) is 14.2 Å². The highest BCUT2D eigenvalue weighted by Gasteiger charge is 2.19. The van der Waals surface area contributed by atoms with Gasteiger partial charge < -0.3 is 24.8 Å². The molecule has 0 aromatic heterocycles. The van der Waals surface area contributed by atoms with Crippen molar-refractivity contribution in [2.75, 3.05) is 32.7 Å². The lowest BCUT2D eigenvalue weighted by molar-refractivity contribution is 0.0858. The first-order valence-electron chi connectivity index (χ1n) is 9.14. The van der Waals surface area contributed by atoms with Crippen molar-refractivity contribution in [3.05, 3.63) is 53.6 Å². The Morgan fingerprint density at radius 3 is 2.57 bits per heavy atom. The standard InChI is InChI=1S/C21H24N2O5/c1-26-18-10-9-14(12-19(18)27-2)20(24)23-17-8-4-3-7-16(17)21(25)22-13-15-6-5-11-28-15/h3-4,7-10,12,15H,5-6,11,13H2,1-2H3,(H,22,25)(H,23,24). The Morgan fingerprint density at radius 1 is 1.07 bits per heavy atom. The van der Waals surface area contributed by atoms with Gasteiger partial charge in [-0.25, -0.2) is 0 Å². The quantitative estimate of drug-likeness (QED) is 0.767. The third-order valence-corrected chi connectivity index (χ3v) is 4.58. The molecule has 1 unspecified atom stereocenters. The summed E-state index contributed by atoms with van der Waals surface area (Å²) in [6, 6.07) is 11.8. The van der Waals surface area contributed by atoms with Gasteiger partial charge in [-0.1, -0.05) is 12.1 Å². The molecule has 1 atom stereocenters. The van der Waals surface area contributed by atoms with Crippen LogP contribution in [-0.2, 0) is 4.74 Å². The highest BCUT2D eigenvalue weighted by molar-refractivity contribution is 6.09. The van der Waals surface area contributed by atoms with Gasteiger partial charge in [0, 0.05) is 18.7 Å². The van der Waals surface area contributed by atoms with E-state index in [0.717, 1.165) is 19.4 Å². The lowest BCUT2D eigenvalue weighted by Gasteiger charge is -2.14. The number of para-hydroxylation sites is 1. The predicted molar refractivity (Wildman–Crippen MR) is 105 cm³/mol. The van der Waals surface area contributed by atoms with Crippen molar-refractivity contribution in [2.45, 2.75) is 18.9 Å². The fourth-order valence-electron chi connectivity index (χ4n) is 3.07. The Balaban J connectivity index is 1.71. The van der Waals surface area contributed by atoms with Crippen molar-refractivity contribution in [2.24, 2.45) is 0 Å². The molecule has 2 N–H and O–H groups in total. The van der Waals surface area contributed by atoms with Gasteiger partial charge in [0.05, 0.1) is 31.6 Å². The van der Waals surface area contributed by atoms with Gasteiger partial charge in [-0.3, -0.25) is 9.59 Å². The summed E-state index contributed by atoms with van der Waals surface area (Å²) in [6.45, 7) is 1.19. The first-order valence-corrected chi connectivity index (χ1v) is 9.14. The Hall–Kier alpha value is -3.06. The van der Waals surface area contributed by atoms with Crippen LogP contribution < -0.4 is 20.1 Å². The average molecular weight is 384 g/mol. The van der Waals surface area contributed by atoms with Crippen LogP contribution in [0.5, 0.6) is 11.5 Å². The molecule has 1 fully saturated rings. The molecule has 0 bridgehead atoms. The third-order valence-electron chi connectivity index (χ3n) is 4.58. The lowest BCUT2D eigenvalue weighted by Crippen LogP contribution is -2.32. The van der Waals surface area contributed by atoms with Crippen LogP contribution in [0.4, 0.5) is 5.69 Å². The van der Waals surface area contributed by atoms with E-state index < -0.39 is 0 Å². The molecule has 0 radical (unpaired) electrons. The van der Waals surface area contributed by atoms with E-state index >= 15 is 0 Å². The van der Waals surface area contributed by atoms with Crippen LogP contribution in [-0.4, -0.2) is 45.3 Å². The fraction of sp³-hybridized carbons (Fsp3) is 0.333. The molecule has 0 saturated carbocycles. The summed E-state index contributed by atoms with van der Waals surface area (Å²) in [5.41, 5.74) is 1.23. The maximum atomic E-state index is 12.7. The number of rotatable bonds is 7. The Morgan fingerprint density at radius 2 is 1.86 bits per heavy atom. The molecule has 1 saturated heterocycles. The maximum Gasteiger partial charge on any atom is 0.255 e. The zero-order valence-electron chi connectivity index (χ0n) is 16.0. The molecule has 0 aliphatic carbocycles. The minimum atomic E-state index is -0.347. The van der Waals surface area contributed by atoms with Crippen molar-refractivity contribution in [3.63, 3.8) is 0 Å². The summed E-state index contributed by atoms with van der Waals surface area (Å²) in [5, 5.41) is 5.67. The van der Waals surface area contributed by atoms with E-state index in [1.54, 1.807) is 42.5 Å². The summed E-state index contributed by atoms with van der Waals surface area (Å²) in [6.07, 6.45) is 2.01. The molecular formula is C21H24N2O5. The summed E-state index contributed by atoms with van der Waals surface area (Å²) in [5.74, 6) is 0.393. The van der Waals surface area contributed by atoms with E-state index in [2.05, 4.69) is 10.6 Å². The lowest BCUT2D eigenvalue weighted by atomic mass is 10.1. The normalized spacial score (nSPS) is 15.7. The van der Waals surface area contributed by atoms with Gasteiger partial charge in [-0.15, -0.1) is 0 Å². The van der Waals surface area contributed by atoms with Crippen LogP contribution in [0.3, 0.4) is 0 Å². The first kappa shape index (κ1) is 19.7. The number of amides is 2. The van der Waals surface area contributed by atoms with Crippen molar-refractivity contribution in [1.29, 1.82) is 0 Å². The zero-order valence-corrected chi connectivity index (χ0v) is 16.0. The van der Waals surface area contributed by atoms with Crippen LogP contribution >= 0.6 is 0 Å². The van der Waals surface area contributed by atoms with Gasteiger partial charge in [0.25, 0.3) is 11.8 Å². The van der Waals surface area contributed by atoms with E-state index in [1.165, 1.54) is 14.2 Å². The molecule has 1 aliphatic heterocycles. The number of benzene rings is 2. The summed E-state index contributed by atoms with van der Waals surface area (Å²) in [7, 11) is 3.04. The number of carbonyl (C=O) groups is 2. The van der Waals surface area contributed by atoms with Crippen molar-refractivity contribution < 1.29 is 23.8 Å². The second kappa shape index (κ2) is 9.23. The smallest absolute Gasteiger partial charge is 0.255 e. The van der Waals surface area contributed by atoms with Crippen LogP contribution in [0.1, 0.15) is 33.6 Å². The molecule has 148 valence electrons. The molecular weight excluding hydrogens is 360 g/mol. The fourth-order valence-corrected chi connectivity index (χ4v) is 3.07. The van der Waals surface area contributed by atoms with E-state index in [0.29, 0.717) is 34.9 Å². The van der Waals surface area contributed by atoms with Crippen LogP contribution in [0, 0.1) is 0 Å². The van der Waals surface area contributed by atoms with Gasteiger partial charge in [-0.05, 0) is 43.2 Å². The molecule has 1 heterocycles. The second-order valence-corrected chi connectivity index (χ2v) is 6.41. The Labute approximate surface area is 164 Å². The van der Waals surface area contributed by atoms with Crippen LogP contribution in [0.25, 0.3) is 0 Å². The molecule has 2 aromatic rings. The monoisotopic (exact) mass is 384 g/mol. The first-order chi connectivity index (χ1) is 13.6. The summed E-state index contributed by atoms with van der Waals surface area (Å²) >= 11 is 0.